The molecule has 106 valence electrons. The summed E-state index contributed by atoms with van der Waals surface area (Å²) < 4.78 is 47.4. The van der Waals surface area contributed by atoms with Crippen LogP contribution in [-0.2, 0) is 10.1 Å². The first-order valence-corrected chi connectivity index (χ1v) is 7.24. The maximum Gasteiger partial charge on any atom is 0.342 e. The summed E-state index contributed by atoms with van der Waals surface area (Å²) in [5.74, 6) is -0.520. The molecule has 2 aromatic rings. The van der Waals surface area contributed by atoms with Crippen LogP contribution in [0.2, 0.25) is 5.02 Å². The second kappa shape index (κ2) is 5.68. The highest BCUT2D eigenvalue weighted by Gasteiger charge is 2.21. The lowest BCUT2D eigenvalue weighted by atomic mass is 10.3. The van der Waals surface area contributed by atoms with Gasteiger partial charge in [0, 0.05) is 11.1 Å². The second-order valence-electron chi connectivity index (χ2n) is 3.79. The molecule has 0 aliphatic heterocycles. The summed E-state index contributed by atoms with van der Waals surface area (Å²) in [5, 5.41) is 0.0998. The molecule has 4 nitrogen and oxygen atoms in total. The summed E-state index contributed by atoms with van der Waals surface area (Å²) in [4.78, 5) is -0.579. The molecule has 0 bridgehead atoms. The van der Waals surface area contributed by atoms with Crippen LogP contribution in [0.5, 0.6) is 11.5 Å². The minimum atomic E-state index is -4.27. The van der Waals surface area contributed by atoms with Crippen LogP contribution in [-0.4, -0.2) is 15.5 Å². The lowest BCUT2D eigenvalue weighted by Gasteiger charge is -2.09. The highest BCUT2D eigenvalue weighted by molar-refractivity contribution is 7.87. The highest BCUT2D eigenvalue weighted by atomic mass is 35.5. The van der Waals surface area contributed by atoms with Gasteiger partial charge in [0.1, 0.15) is 22.2 Å². The fourth-order valence-corrected chi connectivity index (χ4v) is 2.64. The van der Waals surface area contributed by atoms with Crippen LogP contribution < -0.4 is 8.92 Å². The topological polar surface area (TPSA) is 52.6 Å². The third-order valence-corrected chi connectivity index (χ3v) is 3.93. The van der Waals surface area contributed by atoms with Crippen LogP contribution in [0.3, 0.4) is 0 Å². The molecule has 0 heterocycles. The number of halogens is 2. The Balaban J connectivity index is 2.35. The monoisotopic (exact) mass is 316 g/mol. The van der Waals surface area contributed by atoms with Crippen LogP contribution in [0, 0.1) is 5.82 Å². The van der Waals surface area contributed by atoms with Crippen LogP contribution in [0.25, 0.3) is 0 Å². The normalized spacial score (nSPS) is 11.2. The molecular weight excluding hydrogens is 307 g/mol. The van der Waals surface area contributed by atoms with Crippen LogP contribution in [0.1, 0.15) is 0 Å². The summed E-state index contributed by atoms with van der Waals surface area (Å²) >= 11 is 5.57. The van der Waals surface area contributed by atoms with Gasteiger partial charge in [0.05, 0.1) is 7.11 Å². The number of methoxy groups -OCH3 is 1. The Morgan fingerprint density at radius 2 is 1.80 bits per heavy atom. The fourth-order valence-electron chi connectivity index (χ4n) is 1.50. The van der Waals surface area contributed by atoms with E-state index in [1.807, 2.05) is 0 Å². The van der Waals surface area contributed by atoms with Gasteiger partial charge in [-0.15, -0.1) is 0 Å². The quantitative estimate of drug-likeness (QED) is 0.812. The fraction of sp³-hybridized carbons (Fsp3) is 0.0769. The zero-order chi connectivity index (χ0) is 14.8. The van der Waals surface area contributed by atoms with E-state index in [9.17, 15) is 12.8 Å². The second-order valence-corrected chi connectivity index (χ2v) is 5.74. The molecule has 0 atom stereocenters. The molecular formula is C13H10ClFO4S. The van der Waals surface area contributed by atoms with E-state index in [0.29, 0.717) is 5.75 Å². The molecule has 0 aromatic heterocycles. The number of hydrogen-bond acceptors (Lipinski definition) is 4. The zero-order valence-electron chi connectivity index (χ0n) is 10.3. The number of benzene rings is 2. The van der Waals surface area contributed by atoms with Crippen molar-refractivity contribution in [2.45, 2.75) is 4.90 Å². The van der Waals surface area contributed by atoms with Gasteiger partial charge < -0.3 is 8.92 Å². The number of hydrogen-bond donors (Lipinski definition) is 0. The molecule has 0 unspecified atom stereocenters. The predicted molar refractivity (Wildman–Crippen MR) is 72.2 cm³/mol. The van der Waals surface area contributed by atoms with E-state index in [-0.39, 0.29) is 10.8 Å². The maximum atomic E-state index is 13.6. The first-order chi connectivity index (χ1) is 9.42. The smallest absolute Gasteiger partial charge is 0.342 e. The molecule has 0 saturated carbocycles. The Bertz CT molecular complexity index is 731. The Morgan fingerprint density at radius 3 is 2.45 bits per heavy atom. The molecule has 2 aromatic carbocycles. The van der Waals surface area contributed by atoms with E-state index in [2.05, 4.69) is 0 Å². The van der Waals surface area contributed by atoms with Gasteiger partial charge in [-0.2, -0.15) is 8.42 Å². The van der Waals surface area contributed by atoms with Gasteiger partial charge in [-0.3, -0.25) is 0 Å². The van der Waals surface area contributed by atoms with E-state index in [1.54, 1.807) is 12.1 Å². The third-order valence-electron chi connectivity index (χ3n) is 2.41. The van der Waals surface area contributed by atoms with Gasteiger partial charge in [-0.25, -0.2) is 4.39 Å². The van der Waals surface area contributed by atoms with Gasteiger partial charge in [0.2, 0.25) is 0 Å². The summed E-state index contributed by atoms with van der Waals surface area (Å²) in [5.41, 5.74) is 0. The van der Waals surface area contributed by atoms with E-state index in [4.69, 9.17) is 20.5 Å². The molecule has 0 N–H and O–H groups in total. The number of ether oxygens (including phenoxy) is 1. The van der Waals surface area contributed by atoms with Gasteiger partial charge in [0.25, 0.3) is 0 Å². The van der Waals surface area contributed by atoms with Crippen LogP contribution in [0.4, 0.5) is 4.39 Å². The largest absolute Gasteiger partial charge is 0.497 e. The van der Waals surface area contributed by atoms with Crippen LogP contribution >= 0.6 is 11.6 Å². The molecule has 2 rings (SSSR count). The zero-order valence-corrected chi connectivity index (χ0v) is 11.9. The predicted octanol–water partition coefficient (Wildman–Crippen LogP) is 3.26. The molecule has 0 aliphatic carbocycles. The maximum absolute atomic E-state index is 13.6. The average Bonchev–Trinajstić information content (AvgIpc) is 2.37. The van der Waals surface area contributed by atoms with Gasteiger partial charge in [0.15, 0.2) is 0 Å². The standard InChI is InChI=1S/C13H10ClFO4S/c1-18-10-3-2-4-11(8-10)19-20(16,17)13-6-5-9(14)7-12(13)15/h2-8H,1H3. The lowest BCUT2D eigenvalue weighted by molar-refractivity contribution is 0.411. The third kappa shape index (κ3) is 3.20. The van der Waals surface area contributed by atoms with Crippen molar-refractivity contribution in [3.63, 3.8) is 0 Å². The molecule has 7 heteroatoms. The summed E-state index contributed by atoms with van der Waals surface area (Å²) in [6, 6.07) is 9.21. The van der Waals surface area contributed by atoms with Gasteiger partial charge in [-0.05, 0) is 30.3 Å². The van der Waals surface area contributed by atoms with Crippen molar-refractivity contribution in [2.75, 3.05) is 7.11 Å². The summed E-state index contributed by atoms with van der Waals surface area (Å²) in [7, 11) is -2.84. The Hall–Kier alpha value is -1.79. The van der Waals surface area contributed by atoms with Crippen LogP contribution in [0.15, 0.2) is 47.4 Å². The minimum absolute atomic E-state index is 0.0266. The molecule has 0 aliphatic rings. The molecule has 0 radical (unpaired) electrons. The Labute approximate surface area is 120 Å². The Kier molecular flexibility index (Phi) is 4.15. The van der Waals surface area contributed by atoms with E-state index in [0.717, 1.165) is 12.1 Å². The molecule has 20 heavy (non-hydrogen) atoms. The molecule has 0 fully saturated rings. The van der Waals surface area contributed by atoms with Crippen molar-refractivity contribution in [2.24, 2.45) is 0 Å². The van der Waals surface area contributed by atoms with Crippen molar-refractivity contribution in [3.05, 3.63) is 53.3 Å². The van der Waals surface area contributed by atoms with Gasteiger partial charge >= 0.3 is 10.1 Å². The lowest BCUT2D eigenvalue weighted by Crippen LogP contribution is -2.11. The van der Waals surface area contributed by atoms with Crippen molar-refractivity contribution in [1.29, 1.82) is 0 Å². The minimum Gasteiger partial charge on any atom is -0.497 e. The SMILES string of the molecule is COc1cccc(OS(=O)(=O)c2ccc(Cl)cc2F)c1. The average molecular weight is 317 g/mol. The van der Waals surface area contributed by atoms with E-state index in [1.165, 1.54) is 25.3 Å². The van der Waals surface area contributed by atoms with Crippen molar-refractivity contribution < 1.29 is 21.7 Å². The molecule has 0 amide bonds. The number of rotatable bonds is 4. The molecule has 0 spiro atoms. The summed E-state index contributed by atoms with van der Waals surface area (Å²) in [6.45, 7) is 0. The van der Waals surface area contributed by atoms with Crippen molar-refractivity contribution in [1.82, 2.24) is 0 Å². The Morgan fingerprint density at radius 1 is 1.10 bits per heavy atom. The first-order valence-electron chi connectivity index (χ1n) is 5.46. The van der Waals surface area contributed by atoms with Crippen molar-refractivity contribution >= 4 is 21.7 Å². The van der Waals surface area contributed by atoms with E-state index >= 15 is 0 Å². The van der Waals surface area contributed by atoms with Crippen molar-refractivity contribution in [3.8, 4) is 11.5 Å². The molecule has 0 saturated heterocycles. The van der Waals surface area contributed by atoms with E-state index < -0.39 is 20.8 Å². The highest BCUT2D eigenvalue weighted by Crippen LogP contribution is 2.25. The van der Waals surface area contributed by atoms with Gasteiger partial charge in [-0.1, -0.05) is 17.7 Å². The first kappa shape index (κ1) is 14.6. The summed E-state index contributed by atoms with van der Waals surface area (Å²) in [6.07, 6.45) is 0.